The van der Waals surface area contributed by atoms with Crippen LogP contribution in [0, 0.1) is 24.0 Å². The zero-order valence-corrected chi connectivity index (χ0v) is 14.5. The van der Waals surface area contributed by atoms with Gasteiger partial charge in [-0.3, -0.25) is 24.3 Å². The molecule has 0 aromatic carbocycles. The van der Waals surface area contributed by atoms with Gasteiger partial charge in [0.1, 0.15) is 22.9 Å². The second kappa shape index (κ2) is 6.79. The number of rotatable bonds is 6. The number of ketones is 1. The van der Waals surface area contributed by atoms with Gasteiger partial charge in [0, 0.05) is 13.2 Å². The summed E-state index contributed by atoms with van der Waals surface area (Å²) in [6.45, 7) is 3.52. The van der Waals surface area contributed by atoms with Gasteiger partial charge in [-0.2, -0.15) is 10.2 Å². The van der Waals surface area contributed by atoms with E-state index in [1.54, 1.807) is 50.0 Å². The van der Waals surface area contributed by atoms with Gasteiger partial charge in [0.15, 0.2) is 5.78 Å². The third-order valence-electron chi connectivity index (χ3n) is 3.90. The maximum atomic E-state index is 12.0. The van der Waals surface area contributed by atoms with Crippen LogP contribution in [0.3, 0.4) is 0 Å². The smallest absolute Gasteiger partial charge is 0.312 e. The monoisotopic (exact) mass is 355 g/mol. The number of nitro groups is 1. The Hall–Kier alpha value is -3.49. The van der Waals surface area contributed by atoms with E-state index in [1.807, 2.05) is 0 Å². The zero-order valence-electron chi connectivity index (χ0n) is 14.5. The van der Waals surface area contributed by atoms with Crippen molar-refractivity contribution in [3.05, 3.63) is 69.2 Å². The summed E-state index contributed by atoms with van der Waals surface area (Å²) in [6, 6.07) is 3.47. The fourth-order valence-electron chi connectivity index (χ4n) is 2.62. The lowest BCUT2D eigenvalue weighted by Crippen LogP contribution is -2.03. The molecule has 9 heteroatoms. The molecule has 9 nitrogen and oxygen atoms in total. The van der Waals surface area contributed by atoms with Gasteiger partial charge in [0.05, 0.1) is 23.2 Å². The van der Waals surface area contributed by atoms with E-state index in [9.17, 15) is 14.9 Å². The van der Waals surface area contributed by atoms with Gasteiger partial charge in [0.25, 0.3) is 0 Å². The summed E-state index contributed by atoms with van der Waals surface area (Å²) in [6.07, 6.45) is 6.11. The van der Waals surface area contributed by atoms with Gasteiger partial charge in [-0.25, -0.2) is 0 Å². The molecule has 0 fully saturated rings. The minimum Gasteiger partial charge on any atom is -0.460 e. The number of aryl methyl sites for hydroxylation is 2. The van der Waals surface area contributed by atoms with E-state index in [-0.39, 0.29) is 18.0 Å². The predicted molar refractivity (Wildman–Crippen MR) is 92.7 cm³/mol. The van der Waals surface area contributed by atoms with E-state index in [2.05, 4.69) is 10.2 Å². The molecule has 0 aliphatic heterocycles. The first kappa shape index (κ1) is 17.3. The number of hydrogen-bond donors (Lipinski definition) is 0. The molecule has 3 rings (SSSR count). The number of furan rings is 1. The Labute approximate surface area is 148 Å². The number of aromatic nitrogens is 4. The molecule has 0 N–H and O–H groups in total. The number of hydrogen-bond acceptors (Lipinski definition) is 6. The molecule has 0 saturated heterocycles. The first-order valence-electron chi connectivity index (χ1n) is 7.83. The maximum Gasteiger partial charge on any atom is 0.312 e. The van der Waals surface area contributed by atoms with Crippen LogP contribution in [0.25, 0.3) is 6.08 Å². The van der Waals surface area contributed by atoms with Crippen molar-refractivity contribution in [2.24, 2.45) is 7.05 Å². The highest BCUT2D eigenvalue weighted by atomic mass is 16.6. The summed E-state index contributed by atoms with van der Waals surface area (Å²) in [5.41, 5.74) is 1.33. The van der Waals surface area contributed by atoms with E-state index in [1.165, 1.54) is 17.0 Å². The predicted octanol–water partition coefficient (Wildman–Crippen LogP) is 2.68. The van der Waals surface area contributed by atoms with Crippen LogP contribution < -0.4 is 0 Å². The van der Waals surface area contributed by atoms with Crippen LogP contribution in [0.15, 0.2) is 35.0 Å². The average Bonchev–Trinajstić information content (AvgIpc) is 3.26. The molecule has 0 unspecified atom stereocenters. The standard InChI is InChI=1S/C17H17N5O4/c1-11-17(22(24)25)12(2)21(19-11)10-15-5-4-14(26-15)6-7-16(23)13-8-18-20(3)9-13/h4-9H,10H2,1-3H3/b7-6+. The number of carbonyl (C=O) groups is 1. The molecule has 0 saturated carbocycles. The van der Waals surface area contributed by atoms with Crippen molar-refractivity contribution in [1.82, 2.24) is 19.6 Å². The number of carbonyl (C=O) groups excluding carboxylic acids is 1. The van der Waals surface area contributed by atoms with Gasteiger partial charge in [-0.15, -0.1) is 0 Å². The molecule has 26 heavy (non-hydrogen) atoms. The molecule has 3 aromatic rings. The third-order valence-corrected chi connectivity index (χ3v) is 3.90. The summed E-state index contributed by atoms with van der Waals surface area (Å²) in [4.78, 5) is 22.6. The minimum atomic E-state index is -0.436. The van der Waals surface area contributed by atoms with Crippen LogP contribution in [0.5, 0.6) is 0 Å². The lowest BCUT2D eigenvalue weighted by atomic mass is 10.2. The second-order valence-electron chi connectivity index (χ2n) is 5.84. The molecule has 0 spiro atoms. The van der Waals surface area contributed by atoms with Crippen molar-refractivity contribution in [2.45, 2.75) is 20.4 Å². The molecule has 0 bridgehead atoms. The molecule has 0 amide bonds. The Morgan fingerprint density at radius 2 is 2.15 bits per heavy atom. The van der Waals surface area contributed by atoms with Crippen LogP contribution >= 0.6 is 0 Å². The van der Waals surface area contributed by atoms with Crippen LogP contribution in [0.2, 0.25) is 0 Å². The number of nitrogens with zero attached hydrogens (tertiary/aromatic N) is 5. The average molecular weight is 355 g/mol. The van der Waals surface area contributed by atoms with E-state index in [0.717, 1.165) is 0 Å². The lowest BCUT2D eigenvalue weighted by molar-refractivity contribution is -0.386. The van der Waals surface area contributed by atoms with Gasteiger partial charge in [-0.1, -0.05) is 0 Å². The molecule has 0 radical (unpaired) electrons. The molecular formula is C17H17N5O4. The molecule has 3 heterocycles. The van der Waals surface area contributed by atoms with Crippen molar-refractivity contribution < 1.29 is 14.1 Å². The van der Waals surface area contributed by atoms with Crippen LogP contribution in [-0.2, 0) is 13.6 Å². The Morgan fingerprint density at radius 3 is 2.77 bits per heavy atom. The van der Waals surface area contributed by atoms with E-state index >= 15 is 0 Å². The second-order valence-corrected chi connectivity index (χ2v) is 5.84. The van der Waals surface area contributed by atoms with E-state index in [0.29, 0.717) is 28.5 Å². The summed E-state index contributed by atoms with van der Waals surface area (Å²) in [5.74, 6) is 0.914. The Bertz CT molecular complexity index is 1010. The minimum absolute atomic E-state index is 0.0127. The fourth-order valence-corrected chi connectivity index (χ4v) is 2.62. The van der Waals surface area contributed by atoms with Gasteiger partial charge in [0.2, 0.25) is 0 Å². The topological polar surface area (TPSA) is 109 Å². The summed E-state index contributed by atoms with van der Waals surface area (Å²) < 4.78 is 8.74. The molecule has 0 aliphatic carbocycles. The highest BCUT2D eigenvalue weighted by molar-refractivity contribution is 6.06. The largest absolute Gasteiger partial charge is 0.460 e. The Balaban J connectivity index is 1.72. The van der Waals surface area contributed by atoms with Crippen molar-refractivity contribution in [3.8, 4) is 0 Å². The van der Waals surface area contributed by atoms with Crippen molar-refractivity contribution in [2.75, 3.05) is 0 Å². The van der Waals surface area contributed by atoms with Crippen molar-refractivity contribution >= 4 is 17.5 Å². The first-order valence-corrected chi connectivity index (χ1v) is 7.83. The number of allylic oxidation sites excluding steroid dienone is 1. The van der Waals surface area contributed by atoms with Gasteiger partial charge >= 0.3 is 5.69 Å². The van der Waals surface area contributed by atoms with Crippen LogP contribution in [0.1, 0.15) is 33.3 Å². The molecule has 134 valence electrons. The summed E-state index contributed by atoms with van der Waals surface area (Å²) in [5, 5.41) is 19.2. The molecular weight excluding hydrogens is 338 g/mol. The normalized spacial score (nSPS) is 11.3. The molecule has 0 atom stereocenters. The lowest BCUT2D eigenvalue weighted by Gasteiger charge is -2.00. The zero-order chi connectivity index (χ0) is 18.8. The van der Waals surface area contributed by atoms with E-state index < -0.39 is 4.92 Å². The van der Waals surface area contributed by atoms with Crippen molar-refractivity contribution in [1.29, 1.82) is 0 Å². The quantitative estimate of drug-likeness (QED) is 0.291. The summed E-state index contributed by atoms with van der Waals surface area (Å²) >= 11 is 0. The highest BCUT2D eigenvalue weighted by Crippen LogP contribution is 2.23. The highest BCUT2D eigenvalue weighted by Gasteiger charge is 2.22. The Kier molecular flexibility index (Phi) is 4.53. The maximum absolute atomic E-state index is 12.0. The van der Waals surface area contributed by atoms with Crippen LogP contribution in [0.4, 0.5) is 5.69 Å². The van der Waals surface area contributed by atoms with Crippen molar-refractivity contribution in [3.63, 3.8) is 0 Å². The SMILES string of the molecule is Cc1nn(Cc2ccc(/C=C/C(=O)c3cnn(C)c3)o2)c(C)c1[N+](=O)[O-]. The summed E-state index contributed by atoms with van der Waals surface area (Å²) in [7, 11) is 1.74. The van der Waals surface area contributed by atoms with Gasteiger partial charge in [-0.05, 0) is 38.1 Å². The fraction of sp³-hybridized carbons (Fsp3) is 0.235. The molecule has 3 aromatic heterocycles. The van der Waals surface area contributed by atoms with E-state index in [4.69, 9.17) is 4.42 Å². The molecule has 0 aliphatic rings. The first-order chi connectivity index (χ1) is 12.3. The van der Waals surface area contributed by atoms with Gasteiger partial charge < -0.3 is 4.42 Å². The third kappa shape index (κ3) is 3.46. The van der Waals surface area contributed by atoms with Crippen LogP contribution in [-0.4, -0.2) is 30.3 Å². The Morgan fingerprint density at radius 1 is 1.38 bits per heavy atom.